The van der Waals surface area contributed by atoms with Crippen LogP contribution in [-0.4, -0.2) is 51.7 Å². The Morgan fingerprint density at radius 1 is 0.743 bits per heavy atom. The van der Waals surface area contributed by atoms with Gasteiger partial charge < -0.3 is 20.6 Å². The third kappa shape index (κ3) is 21.2. The summed E-state index contributed by atoms with van der Waals surface area (Å²) in [7, 11) is 1.84. The molecule has 1 aliphatic rings. The number of aliphatic imine (C=N–C) groups is 1. The van der Waals surface area contributed by atoms with Gasteiger partial charge in [-0.15, -0.1) is 58.0 Å². The van der Waals surface area contributed by atoms with Crippen molar-refractivity contribution in [2.45, 2.75) is 35.8 Å². The summed E-state index contributed by atoms with van der Waals surface area (Å²) in [5.74, 6) is -3.99. The summed E-state index contributed by atoms with van der Waals surface area (Å²) in [4.78, 5) is 16.4. The molecule has 2 unspecified atom stereocenters. The topological polar surface area (TPSA) is 125 Å². The number of carbonyl (C=O) groups excluding carboxylic acids is 1. The molecule has 0 saturated heterocycles. The van der Waals surface area contributed by atoms with Gasteiger partial charge in [0, 0.05) is 35.0 Å². The third-order valence-corrected chi connectivity index (χ3v) is 11.0. The number of amides is 1. The number of alkyl halides is 5. The Balaban J connectivity index is 0.000000915. The van der Waals surface area contributed by atoms with Gasteiger partial charge in [-0.2, -0.15) is 5.26 Å². The minimum absolute atomic E-state index is 0. The molecule has 7 nitrogen and oxygen atoms in total. The number of ether oxygens (including phenoxy) is 1. The number of aliphatic hydroxyl groups excluding tert-OH is 1. The number of nitrogens with one attached hydrogen (secondary N) is 1. The predicted octanol–water partition coefficient (Wildman–Crippen LogP) is 9.94. The van der Waals surface area contributed by atoms with Crippen LogP contribution in [0.1, 0.15) is 66.9 Å². The summed E-state index contributed by atoms with van der Waals surface area (Å²) in [6, 6.07) is 35.1. The fourth-order valence-corrected chi connectivity index (χ4v) is 6.98. The van der Waals surface area contributed by atoms with E-state index in [9.17, 15) is 31.1 Å². The number of halogens is 11. The molecule has 6 aromatic rings. The molecule has 0 saturated carbocycles. The molecule has 7 rings (SSSR count). The van der Waals surface area contributed by atoms with E-state index in [0.29, 0.717) is 17.6 Å². The molecule has 20 heteroatoms. The zero-order valence-electron chi connectivity index (χ0n) is 38.1. The number of benzene rings is 6. The van der Waals surface area contributed by atoms with Crippen molar-refractivity contribution in [1.82, 2.24) is 5.32 Å². The SMILES string of the molecule is C=Cc1ccc(CCl)cc1.CO.ClCCl.Fc1cccc(F)c1C1=NC(c2ccc(CCl)cc2)CO1.N#Cc1c(F)cccc1F.O=C(NC(C[SiH3])c1ccc(CCl)cc1)c1c(F)cccc1F.[Na+].[OH-]. The third-order valence-electron chi connectivity index (χ3n) is 9.23. The van der Waals surface area contributed by atoms with Gasteiger partial charge in [0.1, 0.15) is 70.3 Å². The van der Waals surface area contributed by atoms with Gasteiger partial charge >= 0.3 is 29.6 Å². The fraction of sp³-hybridized carbons (Fsp3) is 0.180. The number of aliphatic hydroxyl groups is 1. The summed E-state index contributed by atoms with van der Waals surface area (Å²) in [5.41, 5.74) is 4.80. The molecule has 368 valence electrons. The summed E-state index contributed by atoms with van der Waals surface area (Å²) in [6.45, 7) is 3.92. The van der Waals surface area contributed by atoms with E-state index in [1.807, 2.05) is 78.9 Å². The van der Waals surface area contributed by atoms with Crippen LogP contribution in [0.5, 0.6) is 0 Å². The van der Waals surface area contributed by atoms with E-state index in [1.54, 1.807) is 0 Å². The van der Waals surface area contributed by atoms with E-state index in [0.717, 1.165) is 81.0 Å². The van der Waals surface area contributed by atoms with Crippen molar-refractivity contribution < 1.29 is 76.0 Å². The Labute approximate surface area is 454 Å². The van der Waals surface area contributed by atoms with Crippen molar-refractivity contribution in [2.75, 3.05) is 19.1 Å². The van der Waals surface area contributed by atoms with E-state index in [4.69, 9.17) is 73.1 Å². The van der Waals surface area contributed by atoms with Gasteiger partial charge in [-0.1, -0.05) is 104 Å². The second-order valence-electron chi connectivity index (χ2n) is 13.5. The molecule has 2 atom stereocenters. The number of rotatable bonds is 10. The molecule has 0 aromatic heterocycles. The van der Waals surface area contributed by atoms with E-state index in [2.05, 4.69) is 16.9 Å². The summed E-state index contributed by atoms with van der Waals surface area (Å²) < 4.78 is 84.9. The Morgan fingerprint density at radius 2 is 1.14 bits per heavy atom. The zero-order valence-corrected chi connectivity index (χ0v) is 45.8. The summed E-state index contributed by atoms with van der Waals surface area (Å²) in [5, 5.41) is 18.1. The first-order valence-electron chi connectivity index (χ1n) is 20.2. The van der Waals surface area contributed by atoms with Gasteiger partial charge in [-0.05, 0) is 75.8 Å². The van der Waals surface area contributed by atoms with Crippen LogP contribution in [0, 0.1) is 46.2 Å². The van der Waals surface area contributed by atoms with Crippen molar-refractivity contribution >= 4 is 86.1 Å². The van der Waals surface area contributed by atoms with Gasteiger partial charge in [-0.25, -0.2) is 31.3 Å². The van der Waals surface area contributed by atoms with Crippen molar-refractivity contribution in [3.05, 3.63) is 219 Å². The minimum Gasteiger partial charge on any atom is -0.870 e. The Hall–Kier alpha value is -4.34. The first kappa shape index (κ1) is 65.7. The number of nitrogens with zero attached hydrogens (tertiary/aromatic N) is 2. The quantitative estimate of drug-likeness (QED) is 0.0804. The van der Waals surface area contributed by atoms with Gasteiger partial charge in [0.15, 0.2) is 0 Å². The van der Waals surface area contributed by atoms with Gasteiger partial charge in [0.25, 0.3) is 5.91 Å². The van der Waals surface area contributed by atoms with E-state index >= 15 is 0 Å². The summed E-state index contributed by atoms with van der Waals surface area (Å²) >= 11 is 26.6. The molecular formula is C50H47Cl5F6N3NaO4Si. The Morgan fingerprint density at radius 3 is 1.53 bits per heavy atom. The van der Waals surface area contributed by atoms with E-state index in [1.165, 1.54) is 36.4 Å². The molecule has 1 amide bonds. The van der Waals surface area contributed by atoms with Crippen molar-refractivity contribution in [3.8, 4) is 6.07 Å². The van der Waals surface area contributed by atoms with Gasteiger partial charge in [0.05, 0.1) is 11.4 Å². The van der Waals surface area contributed by atoms with Gasteiger partial charge in [0.2, 0.25) is 5.90 Å². The van der Waals surface area contributed by atoms with Crippen molar-refractivity contribution in [2.24, 2.45) is 4.99 Å². The normalized spacial score (nSPS) is 12.0. The van der Waals surface area contributed by atoms with Crippen LogP contribution in [0.2, 0.25) is 6.04 Å². The molecule has 0 bridgehead atoms. The van der Waals surface area contributed by atoms with Crippen LogP contribution in [0.4, 0.5) is 26.3 Å². The second-order valence-corrected chi connectivity index (χ2v) is 16.0. The van der Waals surface area contributed by atoms with Crippen LogP contribution in [-0.2, 0) is 22.4 Å². The van der Waals surface area contributed by atoms with Gasteiger partial charge in [-0.3, -0.25) is 4.79 Å². The van der Waals surface area contributed by atoms with Crippen LogP contribution in [0.25, 0.3) is 6.08 Å². The van der Waals surface area contributed by atoms with E-state index < -0.39 is 51.9 Å². The second kappa shape index (κ2) is 36.6. The first-order chi connectivity index (χ1) is 32.8. The maximum absolute atomic E-state index is 13.7. The molecule has 1 aliphatic heterocycles. The monoisotopic (exact) mass is 1090 g/mol. The first-order valence-corrected chi connectivity index (χ1v) is 24.2. The molecule has 0 spiro atoms. The number of carbonyl (C=O) groups is 1. The molecule has 0 aliphatic carbocycles. The van der Waals surface area contributed by atoms with Crippen LogP contribution >= 0.6 is 58.0 Å². The summed E-state index contributed by atoms with van der Waals surface area (Å²) in [6.07, 6.45) is 1.82. The zero-order chi connectivity index (χ0) is 50.6. The predicted molar refractivity (Wildman–Crippen MR) is 269 cm³/mol. The number of hydrogen-bond donors (Lipinski definition) is 2. The average Bonchev–Trinajstić information content (AvgIpc) is 3.84. The minimum atomic E-state index is -0.859. The van der Waals surface area contributed by atoms with Crippen molar-refractivity contribution in [3.63, 3.8) is 0 Å². The van der Waals surface area contributed by atoms with Crippen molar-refractivity contribution in [1.29, 1.82) is 5.26 Å². The molecule has 3 N–H and O–H groups in total. The molecule has 0 radical (unpaired) electrons. The Kier molecular flexibility index (Phi) is 34.3. The average molecular weight is 1100 g/mol. The largest absolute Gasteiger partial charge is 1.00 e. The van der Waals surface area contributed by atoms with Crippen LogP contribution in [0.15, 0.2) is 139 Å². The molecule has 0 fully saturated rings. The van der Waals surface area contributed by atoms with Crippen LogP contribution < -0.4 is 34.9 Å². The molecule has 6 aromatic carbocycles. The Bertz CT molecular complexity index is 2510. The molecule has 70 heavy (non-hydrogen) atoms. The smallest absolute Gasteiger partial charge is 0.870 e. The number of nitriles is 1. The molecular weight excluding hydrogens is 1050 g/mol. The number of hydrogen-bond acceptors (Lipinski definition) is 6. The standard InChI is InChI=1S/C16H16ClF2NOSi.C16H12ClF2NO.C9H9Cl.C7H3F2N.CH2Cl2.CH4O.Na.H2O/c17-8-10-4-6-11(7-5-10)14(9-22)20-16(21)15-12(18)2-1-3-13(15)19;17-8-10-4-6-11(7-5-10)14-9-21-16(20-14)15-12(18)2-1-3-13(15)19;1-2-8-3-5-9(7-10)6-4-8;8-6-2-1-3-7(9)5(6)4-10;2-1-3;1-2;;/h1-7,14H,8-9H2,22H3,(H,20,21);1-7,14H,8-9H2;2-6H,1,7H2;1-3H;1H2;2H,1H3;;1H2/q;;;;;;+1;/p-1. The van der Waals surface area contributed by atoms with Crippen LogP contribution in [0.3, 0.4) is 0 Å². The van der Waals surface area contributed by atoms with E-state index in [-0.39, 0.29) is 70.5 Å². The fourth-order valence-electron chi connectivity index (χ4n) is 5.77. The molecule has 1 heterocycles. The maximum atomic E-state index is 13.7. The maximum Gasteiger partial charge on any atom is 1.00 e.